The number of hydrogen-bond acceptors (Lipinski definition) is 4. The van der Waals surface area contributed by atoms with Crippen LogP contribution in [0.2, 0.25) is 0 Å². The average molecular weight is 394 g/mol. The average Bonchev–Trinajstić information content (AvgIpc) is 3.47. The maximum Gasteiger partial charge on any atom is 0.290 e. The molecule has 2 aliphatic rings. The molecule has 3 aromatic rings. The third-order valence-electron chi connectivity index (χ3n) is 6.23. The SMILES string of the molecule is Cc1[nH]cnc1CN1C[C@H]2CN(C(=O)c3ccco3)[C@@H](c3cccc(F)c3)[C@H]2C1. The predicted octanol–water partition coefficient (Wildman–Crippen LogP) is 3.40. The molecule has 150 valence electrons. The molecule has 0 radical (unpaired) electrons. The zero-order valence-corrected chi connectivity index (χ0v) is 16.2. The van der Waals surface area contributed by atoms with E-state index >= 15 is 0 Å². The summed E-state index contributed by atoms with van der Waals surface area (Å²) in [7, 11) is 0. The Morgan fingerprint density at radius 3 is 2.90 bits per heavy atom. The van der Waals surface area contributed by atoms with Gasteiger partial charge in [0.2, 0.25) is 0 Å². The van der Waals surface area contributed by atoms with Crippen LogP contribution in [0, 0.1) is 24.6 Å². The van der Waals surface area contributed by atoms with Crippen LogP contribution in [-0.4, -0.2) is 45.3 Å². The number of benzene rings is 1. The summed E-state index contributed by atoms with van der Waals surface area (Å²) < 4.78 is 19.3. The minimum absolute atomic E-state index is 0.131. The maximum absolute atomic E-state index is 14.0. The number of carbonyl (C=O) groups excluding carboxylic acids is 1. The number of carbonyl (C=O) groups is 1. The number of furan rings is 1. The number of aromatic nitrogens is 2. The molecule has 3 atom stereocenters. The van der Waals surface area contributed by atoms with E-state index in [-0.39, 0.29) is 23.7 Å². The molecule has 4 heterocycles. The molecule has 2 aromatic heterocycles. The summed E-state index contributed by atoms with van der Waals surface area (Å²) in [5, 5.41) is 0. The quantitative estimate of drug-likeness (QED) is 0.737. The van der Waals surface area contributed by atoms with Gasteiger partial charge in [0.1, 0.15) is 5.82 Å². The third kappa shape index (κ3) is 3.25. The highest BCUT2D eigenvalue weighted by atomic mass is 19.1. The molecule has 1 aromatic carbocycles. The van der Waals surface area contributed by atoms with Crippen molar-refractivity contribution in [1.29, 1.82) is 0 Å². The van der Waals surface area contributed by atoms with Gasteiger partial charge in [-0.15, -0.1) is 0 Å². The zero-order chi connectivity index (χ0) is 20.0. The minimum atomic E-state index is -0.279. The first-order valence-electron chi connectivity index (χ1n) is 9.91. The number of rotatable bonds is 4. The van der Waals surface area contributed by atoms with E-state index < -0.39 is 0 Å². The number of hydrogen-bond donors (Lipinski definition) is 1. The molecular weight excluding hydrogens is 371 g/mol. The Morgan fingerprint density at radius 2 is 2.17 bits per heavy atom. The van der Waals surface area contributed by atoms with Crippen molar-refractivity contribution in [2.45, 2.75) is 19.5 Å². The van der Waals surface area contributed by atoms with Crippen molar-refractivity contribution in [3.05, 3.63) is 77.5 Å². The van der Waals surface area contributed by atoms with Gasteiger partial charge in [-0.2, -0.15) is 0 Å². The summed E-state index contributed by atoms with van der Waals surface area (Å²) in [5.41, 5.74) is 2.98. The summed E-state index contributed by atoms with van der Waals surface area (Å²) >= 11 is 0. The maximum atomic E-state index is 14.0. The van der Waals surface area contributed by atoms with E-state index in [2.05, 4.69) is 14.9 Å². The van der Waals surface area contributed by atoms with Gasteiger partial charge in [-0.25, -0.2) is 9.37 Å². The van der Waals surface area contributed by atoms with E-state index in [9.17, 15) is 9.18 Å². The number of likely N-dealkylation sites (tertiary alicyclic amines) is 2. The van der Waals surface area contributed by atoms with Gasteiger partial charge in [0.05, 0.1) is 24.3 Å². The van der Waals surface area contributed by atoms with Gasteiger partial charge in [-0.3, -0.25) is 9.69 Å². The summed E-state index contributed by atoms with van der Waals surface area (Å²) in [6, 6.07) is 9.86. The third-order valence-corrected chi connectivity index (χ3v) is 6.23. The van der Waals surface area contributed by atoms with Gasteiger partial charge >= 0.3 is 0 Å². The number of amides is 1. The lowest BCUT2D eigenvalue weighted by Crippen LogP contribution is -2.35. The Kier molecular flexibility index (Phi) is 4.47. The molecule has 2 saturated heterocycles. The van der Waals surface area contributed by atoms with Crippen molar-refractivity contribution < 1.29 is 13.6 Å². The standard InChI is InChI=1S/C22H23FN4O2/c1-14-19(25-13-24-14)12-26-9-16-10-27(22(28)20-6-3-7-29-20)21(18(16)11-26)15-4-2-5-17(23)8-15/h2-8,13,16,18,21H,9-12H2,1H3,(H,24,25)/t16-,18-,21-/m0/s1. The zero-order valence-electron chi connectivity index (χ0n) is 16.2. The van der Waals surface area contributed by atoms with Crippen LogP contribution >= 0.6 is 0 Å². The van der Waals surface area contributed by atoms with Crippen LogP contribution < -0.4 is 0 Å². The molecular formula is C22H23FN4O2. The van der Waals surface area contributed by atoms with Crippen molar-refractivity contribution in [3.8, 4) is 0 Å². The van der Waals surface area contributed by atoms with Crippen LogP contribution in [0.25, 0.3) is 0 Å². The predicted molar refractivity (Wildman–Crippen MR) is 104 cm³/mol. The van der Waals surface area contributed by atoms with E-state index in [1.165, 1.54) is 12.3 Å². The Hall–Kier alpha value is -2.93. The van der Waals surface area contributed by atoms with Crippen molar-refractivity contribution >= 4 is 5.91 Å². The first kappa shape index (κ1) is 18.1. The number of imidazole rings is 1. The van der Waals surface area contributed by atoms with E-state index in [1.54, 1.807) is 30.6 Å². The van der Waals surface area contributed by atoms with E-state index in [0.29, 0.717) is 18.2 Å². The Bertz CT molecular complexity index is 1020. The summed E-state index contributed by atoms with van der Waals surface area (Å²) in [5.74, 6) is 0.499. The number of aryl methyl sites for hydroxylation is 1. The molecule has 29 heavy (non-hydrogen) atoms. The topological polar surface area (TPSA) is 65.4 Å². The number of fused-ring (bicyclic) bond motifs is 1. The molecule has 1 amide bonds. The van der Waals surface area contributed by atoms with Crippen LogP contribution in [0.15, 0.2) is 53.4 Å². The normalized spacial score (nSPS) is 24.2. The molecule has 2 aliphatic heterocycles. The highest BCUT2D eigenvalue weighted by Gasteiger charge is 2.49. The molecule has 0 spiro atoms. The van der Waals surface area contributed by atoms with Crippen LogP contribution in [0.5, 0.6) is 0 Å². The summed E-state index contributed by atoms with van der Waals surface area (Å²) in [6.45, 7) is 5.19. The van der Waals surface area contributed by atoms with Gasteiger partial charge in [-0.05, 0) is 42.7 Å². The lowest BCUT2D eigenvalue weighted by atomic mass is 9.89. The fraction of sp³-hybridized carbons (Fsp3) is 0.364. The smallest absolute Gasteiger partial charge is 0.290 e. The first-order chi connectivity index (χ1) is 14.1. The molecule has 0 aliphatic carbocycles. The molecule has 6 nitrogen and oxygen atoms in total. The van der Waals surface area contributed by atoms with Crippen molar-refractivity contribution in [1.82, 2.24) is 19.8 Å². The number of nitrogens with zero attached hydrogens (tertiary/aromatic N) is 3. The van der Waals surface area contributed by atoms with Crippen molar-refractivity contribution in [3.63, 3.8) is 0 Å². The number of aromatic amines is 1. The van der Waals surface area contributed by atoms with Gasteiger partial charge < -0.3 is 14.3 Å². The molecule has 0 saturated carbocycles. The summed E-state index contributed by atoms with van der Waals surface area (Å²) in [6.07, 6.45) is 3.23. The van der Waals surface area contributed by atoms with E-state index in [4.69, 9.17) is 4.42 Å². The Balaban J connectivity index is 1.43. The Morgan fingerprint density at radius 1 is 1.28 bits per heavy atom. The van der Waals surface area contributed by atoms with Gasteiger partial charge in [0.15, 0.2) is 5.76 Å². The largest absolute Gasteiger partial charge is 0.459 e. The van der Waals surface area contributed by atoms with E-state index in [1.807, 2.05) is 17.9 Å². The highest BCUT2D eigenvalue weighted by Crippen LogP contribution is 2.46. The van der Waals surface area contributed by atoms with Crippen molar-refractivity contribution in [2.75, 3.05) is 19.6 Å². The fourth-order valence-corrected chi connectivity index (χ4v) is 4.89. The molecule has 5 rings (SSSR count). The molecule has 0 bridgehead atoms. The van der Waals surface area contributed by atoms with Crippen LogP contribution in [0.3, 0.4) is 0 Å². The van der Waals surface area contributed by atoms with Crippen molar-refractivity contribution in [2.24, 2.45) is 11.8 Å². The minimum Gasteiger partial charge on any atom is -0.459 e. The molecule has 7 heteroatoms. The van der Waals surface area contributed by atoms with Gasteiger partial charge in [0.25, 0.3) is 5.91 Å². The van der Waals surface area contributed by atoms with Crippen LogP contribution in [0.4, 0.5) is 4.39 Å². The van der Waals surface area contributed by atoms with E-state index in [0.717, 1.165) is 36.6 Å². The lowest BCUT2D eigenvalue weighted by Gasteiger charge is -2.29. The summed E-state index contributed by atoms with van der Waals surface area (Å²) in [4.78, 5) is 24.9. The first-order valence-corrected chi connectivity index (χ1v) is 9.91. The second-order valence-electron chi connectivity index (χ2n) is 8.03. The van der Waals surface area contributed by atoms with Gasteiger partial charge in [-0.1, -0.05) is 12.1 Å². The number of halogens is 1. The fourth-order valence-electron chi connectivity index (χ4n) is 4.89. The van der Waals surface area contributed by atoms with Gasteiger partial charge in [0, 0.05) is 37.8 Å². The molecule has 0 unspecified atom stereocenters. The lowest BCUT2D eigenvalue weighted by molar-refractivity contribution is 0.0667. The number of nitrogens with one attached hydrogen (secondary N) is 1. The van der Waals surface area contributed by atoms with Crippen LogP contribution in [0.1, 0.15) is 33.5 Å². The Labute approximate surface area is 168 Å². The number of H-pyrrole nitrogens is 1. The monoisotopic (exact) mass is 394 g/mol. The second-order valence-corrected chi connectivity index (χ2v) is 8.03. The molecule has 2 fully saturated rings. The molecule has 1 N–H and O–H groups in total. The van der Waals surface area contributed by atoms with Crippen LogP contribution in [-0.2, 0) is 6.54 Å². The highest BCUT2D eigenvalue weighted by molar-refractivity contribution is 5.92. The second kappa shape index (κ2) is 7.15.